The molecule has 32 heavy (non-hydrogen) atoms. The van der Waals surface area contributed by atoms with Crippen LogP contribution in [0.3, 0.4) is 0 Å². The van der Waals surface area contributed by atoms with Gasteiger partial charge in [-0.2, -0.15) is 11.8 Å². The summed E-state index contributed by atoms with van der Waals surface area (Å²) in [5.41, 5.74) is 7.37. The molecule has 0 fully saturated rings. The molecule has 3 atom stereocenters. The standard InChI is InChI=1S/C21H29N5O5S/c1-12(22)19(29)26-17(9-13-10-23-15-6-4-3-5-14(13)15)21(31)25-16(7-8-32-2)20(30)24-11-18(27)28/h3-6,10,12,16-17,23H,7-9,11,22H2,1-2H3,(H,24,30)(H,25,31)(H,26,29)(H,27,28). The van der Waals surface area contributed by atoms with Crippen LogP contribution in [0.1, 0.15) is 18.9 Å². The highest BCUT2D eigenvalue weighted by Gasteiger charge is 2.28. The van der Waals surface area contributed by atoms with Crippen LogP contribution < -0.4 is 21.7 Å². The lowest BCUT2D eigenvalue weighted by Gasteiger charge is -2.23. The highest BCUT2D eigenvalue weighted by atomic mass is 32.2. The first-order chi connectivity index (χ1) is 15.2. The van der Waals surface area contributed by atoms with Crippen LogP contribution in [0.2, 0.25) is 0 Å². The molecule has 2 rings (SSSR count). The number of rotatable bonds is 12. The number of nitrogens with two attached hydrogens (primary N) is 1. The largest absolute Gasteiger partial charge is 0.480 e. The average molecular weight is 464 g/mol. The van der Waals surface area contributed by atoms with Crippen LogP contribution in [0.5, 0.6) is 0 Å². The van der Waals surface area contributed by atoms with E-state index in [4.69, 9.17) is 10.8 Å². The van der Waals surface area contributed by atoms with Crippen molar-refractivity contribution in [2.75, 3.05) is 18.6 Å². The summed E-state index contributed by atoms with van der Waals surface area (Å²) in [5.74, 6) is -2.26. The molecule has 0 radical (unpaired) electrons. The molecule has 174 valence electrons. The normalized spacial score (nSPS) is 13.7. The lowest BCUT2D eigenvalue weighted by atomic mass is 10.0. The number of amides is 3. The van der Waals surface area contributed by atoms with Gasteiger partial charge in [0.15, 0.2) is 0 Å². The van der Waals surface area contributed by atoms with E-state index in [1.54, 1.807) is 6.20 Å². The van der Waals surface area contributed by atoms with Crippen molar-refractivity contribution in [2.45, 2.75) is 37.9 Å². The maximum atomic E-state index is 13.1. The van der Waals surface area contributed by atoms with Crippen LogP contribution >= 0.6 is 11.8 Å². The summed E-state index contributed by atoms with van der Waals surface area (Å²) in [4.78, 5) is 51.7. The van der Waals surface area contributed by atoms with Gasteiger partial charge in [-0.3, -0.25) is 19.2 Å². The van der Waals surface area contributed by atoms with Gasteiger partial charge >= 0.3 is 5.97 Å². The van der Waals surface area contributed by atoms with Gasteiger partial charge in [0, 0.05) is 23.5 Å². The van der Waals surface area contributed by atoms with E-state index in [0.29, 0.717) is 12.2 Å². The van der Waals surface area contributed by atoms with E-state index in [1.165, 1.54) is 18.7 Å². The summed E-state index contributed by atoms with van der Waals surface area (Å²) in [5, 5.41) is 17.3. The van der Waals surface area contributed by atoms with Gasteiger partial charge in [0.2, 0.25) is 17.7 Å². The van der Waals surface area contributed by atoms with Gasteiger partial charge in [0.05, 0.1) is 6.04 Å². The van der Waals surface area contributed by atoms with Gasteiger partial charge in [0.1, 0.15) is 18.6 Å². The number of hydrogen-bond acceptors (Lipinski definition) is 6. The molecule has 0 bridgehead atoms. The predicted molar refractivity (Wildman–Crippen MR) is 123 cm³/mol. The Kier molecular flexibility index (Phi) is 9.54. The molecule has 7 N–H and O–H groups in total. The van der Waals surface area contributed by atoms with Crippen molar-refractivity contribution in [3.05, 3.63) is 36.0 Å². The van der Waals surface area contributed by atoms with E-state index in [2.05, 4.69) is 20.9 Å². The van der Waals surface area contributed by atoms with Gasteiger partial charge < -0.3 is 31.8 Å². The molecule has 0 spiro atoms. The number of benzene rings is 1. The number of aliphatic carboxylic acids is 1. The molecule has 0 saturated heterocycles. The van der Waals surface area contributed by atoms with Crippen molar-refractivity contribution in [2.24, 2.45) is 5.73 Å². The molecule has 0 aliphatic rings. The van der Waals surface area contributed by atoms with E-state index in [1.807, 2.05) is 30.5 Å². The van der Waals surface area contributed by atoms with Gasteiger partial charge in [-0.05, 0) is 37.0 Å². The van der Waals surface area contributed by atoms with Gasteiger partial charge in [0.25, 0.3) is 0 Å². The Hall–Kier alpha value is -3.05. The SMILES string of the molecule is CSCCC(NC(=O)C(Cc1c[nH]c2ccccc12)NC(=O)C(C)N)C(=O)NCC(=O)O. The van der Waals surface area contributed by atoms with Gasteiger partial charge in [-0.1, -0.05) is 18.2 Å². The summed E-state index contributed by atoms with van der Waals surface area (Å²) < 4.78 is 0. The Morgan fingerprint density at radius 1 is 1.09 bits per heavy atom. The predicted octanol–water partition coefficient (Wildman–Crippen LogP) is -0.0189. The van der Waals surface area contributed by atoms with E-state index >= 15 is 0 Å². The van der Waals surface area contributed by atoms with Gasteiger partial charge in [-0.25, -0.2) is 0 Å². The lowest BCUT2D eigenvalue weighted by molar-refractivity contribution is -0.138. The Morgan fingerprint density at radius 3 is 2.44 bits per heavy atom. The fourth-order valence-electron chi connectivity index (χ4n) is 3.10. The number of para-hydroxylation sites is 1. The number of carbonyl (C=O) groups excluding carboxylic acids is 3. The molecular formula is C21H29N5O5S. The van der Waals surface area contributed by atoms with Crippen molar-refractivity contribution >= 4 is 46.4 Å². The first-order valence-electron chi connectivity index (χ1n) is 10.1. The number of carboxylic acid groups (broad SMARTS) is 1. The maximum Gasteiger partial charge on any atom is 0.322 e. The molecule has 1 heterocycles. The number of aromatic amines is 1. The van der Waals surface area contributed by atoms with Crippen LogP contribution in [-0.2, 0) is 25.6 Å². The minimum atomic E-state index is -1.19. The smallest absolute Gasteiger partial charge is 0.322 e. The van der Waals surface area contributed by atoms with Crippen molar-refractivity contribution in [3.8, 4) is 0 Å². The number of H-pyrrole nitrogens is 1. The lowest BCUT2D eigenvalue weighted by Crippen LogP contribution is -2.56. The fraction of sp³-hybridized carbons (Fsp3) is 0.429. The minimum Gasteiger partial charge on any atom is -0.480 e. The van der Waals surface area contributed by atoms with Crippen molar-refractivity contribution < 1.29 is 24.3 Å². The molecule has 0 aliphatic heterocycles. The molecule has 3 unspecified atom stereocenters. The zero-order valence-electron chi connectivity index (χ0n) is 18.0. The van der Waals surface area contributed by atoms with Gasteiger partial charge in [-0.15, -0.1) is 0 Å². The molecule has 2 aromatic rings. The molecule has 1 aromatic carbocycles. The number of nitrogens with one attached hydrogen (secondary N) is 4. The fourth-order valence-corrected chi connectivity index (χ4v) is 3.57. The van der Waals surface area contributed by atoms with E-state index < -0.39 is 48.4 Å². The molecular weight excluding hydrogens is 434 g/mol. The average Bonchev–Trinajstić information content (AvgIpc) is 3.17. The van der Waals surface area contributed by atoms with Crippen molar-refractivity contribution in [3.63, 3.8) is 0 Å². The van der Waals surface area contributed by atoms with E-state index in [-0.39, 0.29) is 6.42 Å². The highest BCUT2D eigenvalue weighted by molar-refractivity contribution is 7.98. The highest BCUT2D eigenvalue weighted by Crippen LogP contribution is 2.19. The summed E-state index contributed by atoms with van der Waals surface area (Å²) in [6.45, 7) is 0.960. The number of thioether (sulfide) groups is 1. The second kappa shape index (κ2) is 12.1. The number of carbonyl (C=O) groups is 4. The summed E-state index contributed by atoms with van der Waals surface area (Å²) in [7, 11) is 0. The number of carboxylic acids is 1. The van der Waals surface area contributed by atoms with Crippen LogP contribution in [0.25, 0.3) is 10.9 Å². The molecule has 0 saturated carbocycles. The Bertz CT molecular complexity index is 961. The number of hydrogen-bond donors (Lipinski definition) is 6. The first kappa shape index (κ1) is 25.2. The van der Waals surface area contributed by atoms with Crippen molar-refractivity contribution in [1.29, 1.82) is 0 Å². The molecule has 0 aliphatic carbocycles. The Balaban J connectivity index is 2.21. The maximum absolute atomic E-state index is 13.1. The van der Waals surface area contributed by atoms with E-state index in [0.717, 1.165) is 16.5 Å². The zero-order valence-corrected chi connectivity index (χ0v) is 18.8. The summed E-state index contributed by atoms with van der Waals surface area (Å²) in [6.07, 6.45) is 4.12. The third-order valence-corrected chi connectivity index (χ3v) is 5.45. The Morgan fingerprint density at radius 2 is 1.78 bits per heavy atom. The van der Waals surface area contributed by atoms with Crippen LogP contribution in [0, 0.1) is 0 Å². The van der Waals surface area contributed by atoms with Crippen LogP contribution in [0.4, 0.5) is 0 Å². The molecule has 1 aromatic heterocycles. The molecule has 3 amide bonds. The van der Waals surface area contributed by atoms with Crippen molar-refractivity contribution in [1.82, 2.24) is 20.9 Å². The minimum absolute atomic E-state index is 0.181. The first-order valence-corrected chi connectivity index (χ1v) is 11.5. The summed E-state index contributed by atoms with van der Waals surface area (Å²) in [6, 6.07) is 4.84. The van der Waals surface area contributed by atoms with Crippen LogP contribution in [0.15, 0.2) is 30.5 Å². The number of fused-ring (bicyclic) bond motifs is 1. The quantitative estimate of drug-likeness (QED) is 0.257. The second-order valence-corrected chi connectivity index (χ2v) is 8.35. The molecule has 11 heteroatoms. The third-order valence-electron chi connectivity index (χ3n) is 4.80. The number of aromatic nitrogens is 1. The monoisotopic (exact) mass is 463 g/mol. The Labute approximate surface area is 190 Å². The third kappa shape index (κ3) is 7.27. The van der Waals surface area contributed by atoms with E-state index in [9.17, 15) is 19.2 Å². The second-order valence-electron chi connectivity index (χ2n) is 7.37. The summed E-state index contributed by atoms with van der Waals surface area (Å²) >= 11 is 1.49. The zero-order chi connectivity index (χ0) is 23.7. The molecule has 10 nitrogen and oxygen atoms in total. The van der Waals surface area contributed by atoms with Crippen LogP contribution in [-0.4, -0.2) is 70.5 Å². The topological polar surface area (TPSA) is 166 Å².